The molecule has 1 unspecified atom stereocenters. The standard InChI is InChI=1S/C18H22N2O3.ClH/c1-22-11-4-5-14-13(10-11)12-6-9-19-16(15(12)20-14)18(7-3-8-18)17(21)23-2;/h4-5,10,16,19-20H,3,6-9H2,1-2H3;1H. The maximum atomic E-state index is 12.4. The van der Waals surface area contributed by atoms with Gasteiger partial charge in [0.1, 0.15) is 5.75 Å². The molecule has 0 bridgehead atoms. The van der Waals surface area contributed by atoms with E-state index < -0.39 is 5.41 Å². The van der Waals surface area contributed by atoms with Gasteiger partial charge in [0.15, 0.2) is 0 Å². The van der Waals surface area contributed by atoms with Gasteiger partial charge >= 0.3 is 5.97 Å². The quantitative estimate of drug-likeness (QED) is 0.835. The number of ether oxygens (including phenoxy) is 2. The summed E-state index contributed by atoms with van der Waals surface area (Å²) in [7, 11) is 3.17. The summed E-state index contributed by atoms with van der Waals surface area (Å²) in [5.74, 6) is 0.769. The first-order valence-corrected chi connectivity index (χ1v) is 8.20. The Morgan fingerprint density at radius 3 is 2.71 bits per heavy atom. The number of carbonyl (C=O) groups is 1. The third-order valence-corrected chi connectivity index (χ3v) is 5.55. The number of benzene rings is 1. The molecule has 2 aromatic rings. The van der Waals surface area contributed by atoms with Gasteiger partial charge in [-0.3, -0.25) is 4.79 Å². The summed E-state index contributed by atoms with van der Waals surface area (Å²) in [6.45, 7) is 0.876. The minimum Gasteiger partial charge on any atom is -0.497 e. The highest BCUT2D eigenvalue weighted by atomic mass is 35.5. The number of fused-ring (bicyclic) bond motifs is 3. The predicted molar refractivity (Wildman–Crippen MR) is 94.8 cm³/mol. The average molecular weight is 351 g/mol. The first-order chi connectivity index (χ1) is 11.2. The van der Waals surface area contributed by atoms with E-state index in [-0.39, 0.29) is 24.4 Å². The van der Waals surface area contributed by atoms with Crippen molar-refractivity contribution in [3.8, 4) is 5.75 Å². The van der Waals surface area contributed by atoms with Crippen molar-refractivity contribution in [2.45, 2.75) is 31.7 Å². The lowest BCUT2D eigenvalue weighted by atomic mass is 9.62. The molecule has 1 saturated carbocycles. The number of esters is 1. The minimum absolute atomic E-state index is 0. The minimum atomic E-state index is -0.422. The van der Waals surface area contributed by atoms with Crippen molar-refractivity contribution in [1.29, 1.82) is 0 Å². The molecule has 24 heavy (non-hydrogen) atoms. The highest BCUT2D eigenvalue weighted by Gasteiger charge is 2.53. The van der Waals surface area contributed by atoms with Crippen LogP contribution in [0.3, 0.4) is 0 Å². The van der Waals surface area contributed by atoms with Crippen LogP contribution in [0.2, 0.25) is 0 Å². The summed E-state index contributed by atoms with van der Waals surface area (Å²) in [4.78, 5) is 16.0. The Labute approximate surface area is 147 Å². The van der Waals surface area contributed by atoms with Crippen LogP contribution in [-0.2, 0) is 16.0 Å². The van der Waals surface area contributed by atoms with E-state index in [9.17, 15) is 4.79 Å². The van der Waals surface area contributed by atoms with Gasteiger partial charge in [-0.2, -0.15) is 0 Å². The van der Waals surface area contributed by atoms with Crippen molar-refractivity contribution in [1.82, 2.24) is 10.3 Å². The van der Waals surface area contributed by atoms with Gasteiger partial charge in [0, 0.05) is 16.6 Å². The number of nitrogens with one attached hydrogen (secondary N) is 2. The molecule has 1 atom stereocenters. The summed E-state index contributed by atoms with van der Waals surface area (Å²) in [5, 5.41) is 4.76. The van der Waals surface area contributed by atoms with E-state index in [1.807, 2.05) is 6.07 Å². The fourth-order valence-electron chi connectivity index (χ4n) is 4.18. The maximum absolute atomic E-state index is 12.4. The second-order valence-corrected chi connectivity index (χ2v) is 6.57. The third-order valence-electron chi connectivity index (χ3n) is 5.55. The number of hydrogen-bond donors (Lipinski definition) is 2. The SMILES string of the molecule is COC(=O)C1(C2NCCc3c2[nH]c2ccc(OC)cc32)CCC1.Cl. The van der Waals surface area contributed by atoms with Gasteiger partial charge in [-0.25, -0.2) is 0 Å². The zero-order valence-electron chi connectivity index (χ0n) is 14.0. The molecule has 1 fully saturated rings. The number of H-pyrrole nitrogens is 1. The molecular formula is C18H23ClN2O3. The Morgan fingerprint density at radius 1 is 1.29 bits per heavy atom. The van der Waals surface area contributed by atoms with Gasteiger partial charge in [-0.15, -0.1) is 12.4 Å². The molecule has 0 saturated heterocycles. The highest BCUT2D eigenvalue weighted by Crippen LogP contribution is 2.53. The van der Waals surface area contributed by atoms with Crippen LogP contribution in [0.4, 0.5) is 0 Å². The number of rotatable bonds is 3. The normalized spacial score (nSPS) is 21.3. The largest absolute Gasteiger partial charge is 0.497 e. The molecule has 6 heteroatoms. The second-order valence-electron chi connectivity index (χ2n) is 6.57. The van der Waals surface area contributed by atoms with E-state index >= 15 is 0 Å². The molecule has 2 aliphatic rings. The Morgan fingerprint density at radius 2 is 2.08 bits per heavy atom. The van der Waals surface area contributed by atoms with Crippen LogP contribution < -0.4 is 10.1 Å². The van der Waals surface area contributed by atoms with Gasteiger partial charge in [0.25, 0.3) is 0 Å². The number of aromatic nitrogens is 1. The third kappa shape index (κ3) is 2.30. The molecule has 130 valence electrons. The highest BCUT2D eigenvalue weighted by molar-refractivity contribution is 5.87. The molecule has 1 aliphatic carbocycles. The van der Waals surface area contributed by atoms with Crippen LogP contribution in [0.5, 0.6) is 5.75 Å². The number of halogens is 1. The van der Waals surface area contributed by atoms with Crippen LogP contribution in [0.1, 0.15) is 36.6 Å². The summed E-state index contributed by atoms with van der Waals surface area (Å²) >= 11 is 0. The van der Waals surface area contributed by atoms with Crippen molar-refractivity contribution in [3.63, 3.8) is 0 Å². The Balaban J connectivity index is 0.00000169. The van der Waals surface area contributed by atoms with Crippen molar-refractivity contribution in [3.05, 3.63) is 29.5 Å². The van der Waals surface area contributed by atoms with Gasteiger partial charge in [-0.05, 0) is 49.6 Å². The maximum Gasteiger partial charge on any atom is 0.313 e. The van der Waals surface area contributed by atoms with Crippen LogP contribution in [0.15, 0.2) is 18.2 Å². The summed E-state index contributed by atoms with van der Waals surface area (Å²) in [6, 6.07) is 6.10. The monoisotopic (exact) mass is 350 g/mol. The first-order valence-electron chi connectivity index (χ1n) is 8.20. The number of carbonyl (C=O) groups excluding carboxylic acids is 1. The lowest BCUT2D eigenvalue weighted by Gasteiger charge is -2.46. The molecule has 4 rings (SSSR count). The topological polar surface area (TPSA) is 63.3 Å². The molecule has 0 amide bonds. The van der Waals surface area contributed by atoms with E-state index in [2.05, 4.69) is 22.4 Å². The average Bonchev–Trinajstić information content (AvgIpc) is 2.92. The zero-order valence-corrected chi connectivity index (χ0v) is 14.8. The van der Waals surface area contributed by atoms with Crippen LogP contribution in [0, 0.1) is 5.41 Å². The van der Waals surface area contributed by atoms with E-state index in [1.165, 1.54) is 18.1 Å². The van der Waals surface area contributed by atoms with Gasteiger partial charge in [0.05, 0.1) is 25.7 Å². The Hall–Kier alpha value is -1.72. The van der Waals surface area contributed by atoms with Crippen LogP contribution >= 0.6 is 12.4 Å². The van der Waals surface area contributed by atoms with Crippen molar-refractivity contribution < 1.29 is 14.3 Å². The number of aromatic amines is 1. The summed E-state index contributed by atoms with van der Waals surface area (Å²) in [5.41, 5.74) is 3.13. The van der Waals surface area contributed by atoms with Crippen LogP contribution in [0.25, 0.3) is 10.9 Å². The molecule has 1 aromatic heterocycles. The smallest absolute Gasteiger partial charge is 0.313 e. The van der Waals surface area contributed by atoms with Gasteiger partial charge in [-0.1, -0.05) is 6.42 Å². The lowest BCUT2D eigenvalue weighted by Crippen LogP contribution is -2.51. The van der Waals surface area contributed by atoms with E-state index in [4.69, 9.17) is 9.47 Å². The van der Waals surface area contributed by atoms with Crippen molar-refractivity contribution in [2.24, 2.45) is 5.41 Å². The van der Waals surface area contributed by atoms with E-state index in [1.54, 1.807) is 7.11 Å². The Bertz CT molecular complexity index is 767. The zero-order chi connectivity index (χ0) is 16.0. The first kappa shape index (κ1) is 17.1. The molecular weight excluding hydrogens is 328 g/mol. The molecule has 5 nitrogen and oxygen atoms in total. The van der Waals surface area contributed by atoms with E-state index in [0.29, 0.717) is 0 Å². The molecule has 0 radical (unpaired) electrons. The summed E-state index contributed by atoms with van der Waals surface area (Å²) in [6.07, 6.45) is 3.80. The number of hydrogen-bond acceptors (Lipinski definition) is 4. The number of methoxy groups -OCH3 is 2. The molecule has 1 aromatic carbocycles. The lowest BCUT2D eigenvalue weighted by molar-refractivity contribution is -0.162. The van der Waals surface area contributed by atoms with E-state index in [0.717, 1.165) is 49.2 Å². The predicted octanol–water partition coefficient (Wildman–Crippen LogP) is 3.13. The molecule has 2 heterocycles. The van der Waals surface area contributed by atoms with Gasteiger partial charge < -0.3 is 19.8 Å². The fourth-order valence-corrected chi connectivity index (χ4v) is 4.18. The van der Waals surface area contributed by atoms with Gasteiger partial charge in [0.2, 0.25) is 0 Å². The van der Waals surface area contributed by atoms with Crippen LogP contribution in [-0.4, -0.2) is 31.7 Å². The van der Waals surface area contributed by atoms with Crippen molar-refractivity contribution in [2.75, 3.05) is 20.8 Å². The Kier molecular flexibility index (Phi) is 4.49. The summed E-state index contributed by atoms with van der Waals surface area (Å²) < 4.78 is 10.5. The fraction of sp³-hybridized carbons (Fsp3) is 0.500. The molecule has 2 N–H and O–H groups in total. The van der Waals surface area contributed by atoms with Crippen molar-refractivity contribution >= 4 is 29.3 Å². The second kappa shape index (κ2) is 6.30. The molecule has 0 spiro atoms. The molecule has 1 aliphatic heterocycles.